The van der Waals surface area contributed by atoms with Gasteiger partial charge >= 0.3 is 0 Å². The average Bonchev–Trinajstić information content (AvgIpc) is 2.60. The van der Waals surface area contributed by atoms with Crippen molar-refractivity contribution in [2.75, 3.05) is 26.4 Å². The summed E-state index contributed by atoms with van der Waals surface area (Å²) in [4.78, 5) is 0. The van der Waals surface area contributed by atoms with Crippen LogP contribution in [0.4, 0.5) is 0 Å². The topological polar surface area (TPSA) is 44.5 Å². The van der Waals surface area contributed by atoms with Gasteiger partial charge in [-0.25, -0.2) is 0 Å². The molecule has 78 valence electrons. The summed E-state index contributed by atoms with van der Waals surface area (Å²) in [7, 11) is 0. The van der Waals surface area contributed by atoms with Gasteiger partial charge in [0, 0.05) is 19.1 Å². The molecule has 0 aromatic carbocycles. The van der Waals surface area contributed by atoms with E-state index in [1.165, 1.54) is 6.42 Å². The molecule has 0 amide bonds. The lowest BCUT2D eigenvalue weighted by atomic mass is 10.0. The van der Waals surface area contributed by atoms with Gasteiger partial charge in [-0.05, 0) is 19.4 Å². The summed E-state index contributed by atoms with van der Waals surface area (Å²) in [6.07, 6.45) is 3.67. The SMILES string of the molecule is CCCCOC[C@H]1OCC[C@@H]1CN. The van der Waals surface area contributed by atoms with Gasteiger partial charge in [0.1, 0.15) is 0 Å². The van der Waals surface area contributed by atoms with Gasteiger partial charge in [-0.2, -0.15) is 0 Å². The molecular formula is C10H21NO2. The number of rotatable bonds is 6. The predicted octanol–water partition coefficient (Wildman–Crippen LogP) is 1.17. The molecule has 0 aliphatic carbocycles. The van der Waals surface area contributed by atoms with Gasteiger partial charge < -0.3 is 15.2 Å². The minimum atomic E-state index is 0.252. The van der Waals surface area contributed by atoms with E-state index in [0.29, 0.717) is 5.92 Å². The highest BCUT2D eigenvalue weighted by Crippen LogP contribution is 2.19. The Hall–Kier alpha value is -0.120. The lowest BCUT2D eigenvalue weighted by Crippen LogP contribution is -2.28. The van der Waals surface area contributed by atoms with Crippen molar-refractivity contribution in [3.8, 4) is 0 Å². The third kappa shape index (κ3) is 3.63. The van der Waals surface area contributed by atoms with Gasteiger partial charge in [0.15, 0.2) is 0 Å². The Kier molecular flexibility index (Phi) is 5.35. The molecule has 1 fully saturated rings. The number of ether oxygens (including phenoxy) is 2. The van der Waals surface area contributed by atoms with Crippen LogP contribution in [0.15, 0.2) is 0 Å². The first-order valence-corrected chi connectivity index (χ1v) is 5.28. The minimum absolute atomic E-state index is 0.252. The van der Waals surface area contributed by atoms with Crippen molar-refractivity contribution in [1.29, 1.82) is 0 Å². The molecule has 0 bridgehead atoms. The van der Waals surface area contributed by atoms with E-state index in [0.717, 1.165) is 39.2 Å². The maximum Gasteiger partial charge on any atom is 0.0849 e. The summed E-state index contributed by atoms with van der Waals surface area (Å²) in [5.41, 5.74) is 5.62. The summed E-state index contributed by atoms with van der Waals surface area (Å²) >= 11 is 0. The second kappa shape index (κ2) is 6.35. The van der Waals surface area contributed by atoms with E-state index in [2.05, 4.69) is 6.92 Å². The van der Waals surface area contributed by atoms with E-state index in [9.17, 15) is 0 Å². The first kappa shape index (κ1) is 11.0. The van der Waals surface area contributed by atoms with Crippen LogP contribution in [0.25, 0.3) is 0 Å². The van der Waals surface area contributed by atoms with E-state index in [-0.39, 0.29) is 6.10 Å². The van der Waals surface area contributed by atoms with Gasteiger partial charge in [-0.3, -0.25) is 0 Å². The van der Waals surface area contributed by atoms with E-state index in [1.807, 2.05) is 0 Å². The molecule has 3 heteroatoms. The average molecular weight is 187 g/mol. The second-order valence-corrected chi connectivity index (χ2v) is 3.62. The Morgan fingerprint density at radius 3 is 3.08 bits per heavy atom. The van der Waals surface area contributed by atoms with Crippen molar-refractivity contribution >= 4 is 0 Å². The van der Waals surface area contributed by atoms with Crippen LogP contribution < -0.4 is 5.73 Å². The van der Waals surface area contributed by atoms with Crippen molar-refractivity contribution in [1.82, 2.24) is 0 Å². The second-order valence-electron chi connectivity index (χ2n) is 3.62. The molecule has 1 rings (SSSR count). The van der Waals surface area contributed by atoms with E-state index < -0.39 is 0 Å². The smallest absolute Gasteiger partial charge is 0.0849 e. The van der Waals surface area contributed by atoms with Crippen LogP contribution in [0.1, 0.15) is 26.2 Å². The van der Waals surface area contributed by atoms with E-state index in [1.54, 1.807) is 0 Å². The molecule has 0 aromatic heterocycles. The Bertz CT molecular complexity index is 130. The third-order valence-electron chi connectivity index (χ3n) is 2.57. The fourth-order valence-electron chi connectivity index (χ4n) is 1.59. The zero-order valence-electron chi connectivity index (χ0n) is 8.50. The summed E-state index contributed by atoms with van der Waals surface area (Å²) in [5.74, 6) is 0.515. The largest absolute Gasteiger partial charge is 0.379 e. The number of unbranched alkanes of at least 4 members (excludes halogenated alkanes) is 1. The zero-order chi connectivity index (χ0) is 9.52. The van der Waals surface area contributed by atoms with Crippen LogP contribution in [-0.2, 0) is 9.47 Å². The molecule has 3 nitrogen and oxygen atoms in total. The van der Waals surface area contributed by atoms with Gasteiger partial charge in [0.2, 0.25) is 0 Å². The highest BCUT2D eigenvalue weighted by atomic mass is 16.5. The Morgan fingerprint density at radius 2 is 2.38 bits per heavy atom. The van der Waals surface area contributed by atoms with Crippen LogP contribution in [0, 0.1) is 5.92 Å². The number of nitrogens with two attached hydrogens (primary N) is 1. The normalized spacial score (nSPS) is 28.2. The highest BCUT2D eigenvalue weighted by molar-refractivity contribution is 4.76. The molecule has 2 N–H and O–H groups in total. The Labute approximate surface area is 80.6 Å². The number of hydrogen-bond donors (Lipinski definition) is 1. The van der Waals surface area contributed by atoms with Crippen LogP contribution in [-0.4, -0.2) is 32.5 Å². The summed E-state index contributed by atoms with van der Waals surface area (Å²) in [6, 6.07) is 0. The molecule has 1 aliphatic rings. The molecular weight excluding hydrogens is 166 g/mol. The molecule has 0 radical (unpaired) electrons. The minimum Gasteiger partial charge on any atom is -0.379 e. The third-order valence-corrected chi connectivity index (χ3v) is 2.57. The molecule has 1 aliphatic heterocycles. The fourth-order valence-corrected chi connectivity index (χ4v) is 1.59. The van der Waals surface area contributed by atoms with Crippen molar-refractivity contribution in [3.05, 3.63) is 0 Å². The van der Waals surface area contributed by atoms with E-state index >= 15 is 0 Å². The standard InChI is InChI=1S/C10H21NO2/c1-2-3-5-12-8-10-9(7-11)4-6-13-10/h9-10H,2-8,11H2,1H3/t9-,10-/m1/s1. The van der Waals surface area contributed by atoms with Crippen LogP contribution in [0.5, 0.6) is 0 Å². The lowest BCUT2D eigenvalue weighted by molar-refractivity contribution is 0.00233. The maximum absolute atomic E-state index is 5.62. The first-order chi connectivity index (χ1) is 6.38. The molecule has 0 saturated carbocycles. The van der Waals surface area contributed by atoms with Crippen LogP contribution in [0.3, 0.4) is 0 Å². The van der Waals surface area contributed by atoms with Crippen molar-refractivity contribution in [2.45, 2.75) is 32.3 Å². The molecule has 0 spiro atoms. The van der Waals surface area contributed by atoms with Gasteiger partial charge in [0.25, 0.3) is 0 Å². The molecule has 1 saturated heterocycles. The maximum atomic E-state index is 5.62. The zero-order valence-corrected chi connectivity index (χ0v) is 8.50. The van der Waals surface area contributed by atoms with Gasteiger partial charge in [-0.15, -0.1) is 0 Å². The number of hydrogen-bond acceptors (Lipinski definition) is 3. The summed E-state index contributed by atoms with van der Waals surface area (Å²) in [6.45, 7) is 5.32. The lowest BCUT2D eigenvalue weighted by Gasteiger charge is -2.16. The van der Waals surface area contributed by atoms with Crippen molar-refractivity contribution in [2.24, 2.45) is 11.7 Å². The fraction of sp³-hybridized carbons (Fsp3) is 1.00. The first-order valence-electron chi connectivity index (χ1n) is 5.28. The Morgan fingerprint density at radius 1 is 1.54 bits per heavy atom. The molecule has 13 heavy (non-hydrogen) atoms. The predicted molar refractivity (Wildman–Crippen MR) is 52.6 cm³/mol. The van der Waals surface area contributed by atoms with Gasteiger partial charge in [0.05, 0.1) is 12.7 Å². The van der Waals surface area contributed by atoms with Gasteiger partial charge in [-0.1, -0.05) is 13.3 Å². The monoisotopic (exact) mass is 187 g/mol. The quantitative estimate of drug-likeness (QED) is 0.635. The van der Waals surface area contributed by atoms with Crippen LogP contribution >= 0.6 is 0 Å². The molecule has 2 atom stereocenters. The highest BCUT2D eigenvalue weighted by Gasteiger charge is 2.26. The Balaban J connectivity index is 2.06. The van der Waals surface area contributed by atoms with Crippen molar-refractivity contribution < 1.29 is 9.47 Å². The summed E-state index contributed by atoms with van der Waals surface area (Å²) < 4.78 is 11.0. The molecule has 0 unspecified atom stereocenters. The van der Waals surface area contributed by atoms with Crippen molar-refractivity contribution in [3.63, 3.8) is 0 Å². The molecule has 0 aromatic rings. The van der Waals surface area contributed by atoms with E-state index in [4.69, 9.17) is 15.2 Å². The summed E-state index contributed by atoms with van der Waals surface area (Å²) in [5, 5.41) is 0. The van der Waals surface area contributed by atoms with Crippen LogP contribution in [0.2, 0.25) is 0 Å². The molecule has 1 heterocycles.